The van der Waals surface area contributed by atoms with Crippen molar-refractivity contribution in [2.75, 3.05) is 24.6 Å². The predicted octanol–water partition coefficient (Wildman–Crippen LogP) is 1.24. The second kappa shape index (κ2) is 5.10. The molecule has 0 spiro atoms. The zero-order valence-corrected chi connectivity index (χ0v) is 8.62. The molecule has 1 aliphatic rings. The van der Waals surface area contributed by atoms with Crippen LogP contribution in [0.3, 0.4) is 0 Å². The number of piperidine rings is 1. The van der Waals surface area contributed by atoms with Crippen molar-refractivity contribution < 1.29 is 5.11 Å². The van der Waals surface area contributed by atoms with Gasteiger partial charge in [-0.3, -0.25) is 0 Å². The highest BCUT2D eigenvalue weighted by Crippen LogP contribution is 2.21. The number of hydrogen-bond acceptors (Lipinski definition) is 3. The van der Waals surface area contributed by atoms with Gasteiger partial charge in [0, 0.05) is 6.54 Å². The molecular formula is C9H19NOS. The highest BCUT2D eigenvalue weighted by atomic mass is 32.2. The fourth-order valence-electron chi connectivity index (χ4n) is 1.57. The maximum atomic E-state index is 10.0. The third kappa shape index (κ3) is 3.33. The molecule has 2 nitrogen and oxygen atoms in total. The summed E-state index contributed by atoms with van der Waals surface area (Å²) in [6.45, 7) is 4.02. The Hall–Kier alpha value is 0.270. The minimum Gasteiger partial charge on any atom is -0.389 e. The maximum absolute atomic E-state index is 10.0. The van der Waals surface area contributed by atoms with Crippen LogP contribution in [0.4, 0.5) is 0 Å². The number of β-amino-alcohol motifs (C(OH)–C–C–N with tert-alkyl or cyclic N) is 1. The molecule has 12 heavy (non-hydrogen) atoms. The molecule has 1 saturated heterocycles. The Morgan fingerprint density at radius 3 is 3.00 bits per heavy atom. The largest absolute Gasteiger partial charge is 0.389 e. The van der Waals surface area contributed by atoms with E-state index in [4.69, 9.17) is 0 Å². The summed E-state index contributed by atoms with van der Waals surface area (Å²) in [5.41, 5.74) is -0.402. The standard InChI is InChI=1S/C9H19NOS/c1-2-12-7-5-9(11)4-3-6-10-8-9/h10-11H,2-8H2,1H3. The zero-order valence-electron chi connectivity index (χ0n) is 7.81. The molecule has 1 aliphatic heterocycles. The van der Waals surface area contributed by atoms with Crippen LogP contribution in [0.2, 0.25) is 0 Å². The van der Waals surface area contributed by atoms with E-state index in [0.29, 0.717) is 0 Å². The third-order valence-electron chi connectivity index (χ3n) is 2.37. The minimum absolute atomic E-state index is 0.402. The number of thioether (sulfide) groups is 1. The molecule has 0 amide bonds. The van der Waals surface area contributed by atoms with Crippen molar-refractivity contribution in [2.24, 2.45) is 0 Å². The number of hydrogen-bond donors (Lipinski definition) is 2. The third-order valence-corrected chi connectivity index (χ3v) is 3.27. The lowest BCUT2D eigenvalue weighted by molar-refractivity contribution is 0.0142. The van der Waals surface area contributed by atoms with Crippen molar-refractivity contribution >= 4 is 11.8 Å². The normalized spacial score (nSPS) is 30.5. The average molecular weight is 189 g/mol. The van der Waals surface area contributed by atoms with Gasteiger partial charge in [0.15, 0.2) is 0 Å². The second-order valence-electron chi connectivity index (χ2n) is 3.45. The molecule has 0 radical (unpaired) electrons. The lowest BCUT2D eigenvalue weighted by Gasteiger charge is -2.32. The monoisotopic (exact) mass is 189 g/mol. The van der Waals surface area contributed by atoms with Crippen LogP contribution in [0.25, 0.3) is 0 Å². The first-order chi connectivity index (χ1) is 5.77. The van der Waals surface area contributed by atoms with E-state index < -0.39 is 5.60 Å². The van der Waals surface area contributed by atoms with Gasteiger partial charge >= 0.3 is 0 Å². The molecule has 0 aromatic rings. The highest BCUT2D eigenvalue weighted by Gasteiger charge is 2.27. The van der Waals surface area contributed by atoms with Crippen molar-refractivity contribution in [1.29, 1.82) is 0 Å². The van der Waals surface area contributed by atoms with E-state index in [-0.39, 0.29) is 0 Å². The van der Waals surface area contributed by atoms with E-state index in [9.17, 15) is 5.11 Å². The predicted molar refractivity (Wildman–Crippen MR) is 54.7 cm³/mol. The van der Waals surface area contributed by atoms with E-state index in [2.05, 4.69) is 12.2 Å². The first-order valence-electron chi connectivity index (χ1n) is 4.78. The fourth-order valence-corrected chi connectivity index (χ4v) is 2.38. The SMILES string of the molecule is CCSCCC1(O)CCCNC1. The Morgan fingerprint density at radius 1 is 1.58 bits per heavy atom. The summed E-state index contributed by atoms with van der Waals surface area (Å²) in [4.78, 5) is 0. The topological polar surface area (TPSA) is 32.3 Å². The molecule has 2 N–H and O–H groups in total. The highest BCUT2D eigenvalue weighted by molar-refractivity contribution is 7.99. The van der Waals surface area contributed by atoms with Gasteiger partial charge in [0.2, 0.25) is 0 Å². The van der Waals surface area contributed by atoms with E-state index in [1.807, 2.05) is 11.8 Å². The molecule has 3 heteroatoms. The Balaban J connectivity index is 2.17. The van der Waals surface area contributed by atoms with Crippen LogP contribution >= 0.6 is 11.8 Å². The molecule has 0 saturated carbocycles. The molecule has 0 aromatic carbocycles. The van der Waals surface area contributed by atoms with Gasteiger partial charge in [-0.05, 0) is 37.3 Å². The van der Waals surface area contributed by atoms with Crippen molar-refractivity contribution in [1.82, 2.24) is 5.32 Å². The molecule has 1 rings (SSSR count). The van der Waals surface area contributed by atoms with Gasteiger partial charge in [0.1, 0.15) is 0 Å². The molecule has 1 unspecified atom stereocenters. The quantitative estimate of drug-likeness (QED) is 0.653. The van der Waals surface area contributed by atoms with E-state index >= 15 is 0 Å². The lowest BCUT2D eigenvalue weighted by Crippen LogP contribution is -2.45. The molecule has 0 aliphatic carbocycles. The summed E-state index contributed by atoms with van der Waals surface area (Å²) in [6.07, 6.45) is 3.04. The van der Waals surface area contributed by atoms with Crippen LogP contribution in [0.15, 0.2) is 0 Å². The molecule has 0 aromatic heterocycles. The molecular weight excluding hydrogens is 170 g/mol. The Labute approximate surface area is 79.1 Å². The molecule has 0 bridgehead atoms. The Kier molecular flexibility index (Phi) is 4.40. The van der Waals surface area contributed by atoms with E-state index in [1.54, 1.807) is 0 Å². The lowest BCUT2D eigenvalue weighted by atomic mass is 9.92. The zero-order chi connectivity index (χ0) is 8.86. The van der Waals surface area contributed by atoms with Gasteiger partial charge in [-0.25, -0.2) is 0 Å². The first kappa shape index (κ1) is 10.4. The van der Waals surface area contributed by atoms with Gasteiger partial charge in [0.25, 0.3) is 0 Å². The summed E-state index contributed by atoms with van der Waals surface area (Å²) in [6, 6.07) is 0. The number of aliphatic hydroxyl groups is 1. The van der Waals surface area contributed by atoms with E-state index in [1.165, 1.54) is 0 Å². The van der Waals surface area contributed by atoms with Gasteiger partial charge in [-0.1, -0.05) is 6.92 Å². The van der Waals surface area contributed by atoms with Crippen LogP contribution in [0.5, 0.6) is 0 Å². The number of nitrogens with one attached hydrogen (secondary N) is 1. The van der Waals surface area contributed by atoms with Crippen molar-refractivity contribution in [2.45, 2.75) is 31.8 Å². The maximum Gasteiger partial charge on any atom is 0.0779 e. The minimum atomic E-state index is -0.402. The Bertz CT molecular complexity index is 124. The van der Waals surface area contributed by atoms with Crippen molar-refractivity contribution in [3.8, 4) is 0 Å². The summed E-state index contributed by atoms with van der Waals surface area (Å²) >= 11 is 1.91. The molecule has 72 valence electrons. The van der Waals surface area contributed by atoms with Crippen LogP contribution in [0.1, 0.15) is 26.2 Å². The van der Waals surface area contributed by atoms with Gasteiger partial charge in [-0.2, -0.15) is 11.8 Å². The Morgan fingerprint density at radius 2 is 2.42 bits per heavy atom. The summed E-state index contributed by atoms with van der Waals surface area (Å²) in [7, 11) is 0. The second-order valence-corrected chi connectivity index (χ2v) is 4.85. The smallest absolute Gasteiger partial charge is 0.0779 e. The summed E-state index contributed by atoms with van der Waals surface area (Å²) < 4.78 is 0. The van der Waals surface area contributed by atoms with Crippen LogP contribution in [0, 0.1) is 0 Å². The van der Waals surface area contributed by atoms with Gasteiger partial charge in [0.05, 0.1) is 5.60 Å². The van der Waals surface area contributed by atoms with Crippen LogP contribution in [-0.4, -0.2) is 35.3 Å². The first-order valence-corrected chi connectivity index (χ1v) is 5.93. The summed E-state index contributed by atoms with van der Waals surface area (Å²) in [5, 5.41) is 13.3. The van der Waals surface area contributed by atoms with E-state index in [0.717, 1.165) is 43.9 Å². The summed E-state index contributed by atoms with van der Waals surface area (Å²) in [5.74, 6) is 2.25. The molecule has 1 fully saturated rings. The van der Waals surface area contributed by atoms with Crippen LogP contribution < -0.4 is 5.32 Å². The average Bonchev–Trinajstić information content (AvgIpc) is 2.06. The molecule has 1 atom stereocenters. The number of rotatable bonds is 4. The molecule has 1 heterocycles. The van der Waals surface area contributed by atoms with Gasteiger partial charge in [-0.15, -0.1) is 0 Å². The van der Waals surface area contributed by atoms with Gasteiger partial charge < -0.3 is 10.4 Å². The van der Waals surface area contributed by atoms with Crippen LogP contribution in [-0.2, 0) is 0 Å². The van der Waals surface area contributed by atoms with Crippen molar-refractivity contribution in [3.63, 3.8) is 0 Å². The van der Waals surface area contributed by atoms with Crippen molar-refractivity contribution in [3.05, 3.63) is 0 Å². The fraction of sp³-hybridized carbons (Fsp3) is 1.00.